The first kappa shape index (κ1) is 11.8. The van der Waals surface area contributed by atoms with Gasteiger partial charge in [-0.2, -0.15) is 5.10 Å². The Hall–Kier alpha value is -1.27. The van der Waals surface area contributed by atoms with Crippen molar-refractivity contribution in [3.63, 3.8) is 0 Å². The molecule has 0 aliphatic carbocycles. The molecule has 0 saturated carbocycles. The van der Waals surface area contributed by atoms with Gasteiger partial charge >= 0.3 is 0 Å². The molecule has 1 atom stereocenters. The molecule has 1 aromatic rings. The molecular formula is C12H19N3. The maximum atomic E-state index is 5.24. The van der Waals surface area contributed by atoms with Crippen molar-refractivity contribution in [1.82, 2.24) is 15.1 Å². The highest BCUT2D eigenvalue weighted by Crippen LogP contribution is 2.19. The molecule has 0 saturated heterocycles. The van der Waals surface area contributed by atoms with Gasteiger partial charge in [0.1, 0.15) is 0 Å². The molecule has 3 nitrogen and oxygen atoms in total. The summed E-state index contributed by atoms with van der Waals surface area (Å²) in [6, 6.07) is 2.47. The number of terminal acetylenes is 1. The van der Waals surface area contributed by atoms with E-state index in [-0.39, 0.29) is 0 Å². The fourth-order valence-electron chi connectivity index (χ4n) is 1.81. The highest BCUT2D eigenvalue weighted by molar-refractivity contribution is 5.12. The van der Waals surface area contributed by atoms with Crippen LogP contribution in [0, 0.1) is 19.3 Å². The molecule has 0 radical (unpaired) electrons. The third kappa shape index (κ3) is 3.10. The van der Waals surface area contributed by atoms with E-state index >= 15 is 0 Å². The maximum Gasteiger partial charge on any atom is 0.0597 e. The Labute approximate surface area is 91.9 Å². The molecule has 0 spiro atoms. The van der Waals surface area contributed by atoms with E-state index in [1.807, 2.05) is 25.7 Å². The van der Waals surface area contributed by atoms with Crippen LogP contribution in [0.15, 0.2) is 6.07 Å². The molecule has 0 aliphatic heterocycles. The Bertz CT molecular complexity index is 346. The Morgan fingerprint density at radius 3 is 2.87 bits per heavy atom. The number of aryl methyl sites for hydroxylation is 2. The van der Waals surface area contributed by atoms with E-state index in [2.05, 4.69) is 22.4 Å². The fraction of sp³-hybridized carbons (Fsp3) is 0.583. The van der Waals surface area contributed by atoms with Crippen molar-refractivity contribution in [3.8, 4) is 12.3 Å². The van der Waals surface area contributed by atoms with Crippen LogP contribution in [0.3, 0.4) is 0 Å². The van der Waals surface area contributed by atoms with Crippen LogP contribution in [0.5, 0.6) is 0 Å². The topological polar surface area (TPSA) is 29.9 Å². The highest BCUT2D eigenvalue weighted by Gasteiger charge is 2.13. The summed E-state index contributed by atoms with van der Waals surface area (Å²) in [5.41, 5.74) is 2.29. The lowest BCUT2D eigenvalue weighted by Crippen LogP contribution is -2.19. The third-order valence-electron chi connectivity index (χ3n) is 2.56. The summed E-state index contributed by atoms with van der Waals surface area (Å²) in [6.45, 7) is 2.01. The first-order chi connectivity index (χ1) is 7.19. The van der Waals surface area contributed by atoms with Gasteiger partial charge in [0.05, 0.1) is 11.4 Å². The Kier molecular flexibility index (Phi) is 4.38. The number of aromatic nitrogens is 2. The van der Waals surface area contributed by atoms with E-state index in [1.165, 1.54) is 5.69 Å². The number of nitrogens with one attached hydrogen (secondary N) is 1. The number of hydrogen-bond acceptors (Lipinski definition) is 2. The van der Waals surface area contributed by atoms with Crippen molar-refractivity contribution in [2.75, 3.05) is 7.05 Å². The van der Waals surface area contributed by atoms with Crippen molar-refractivity contribution < 1.29 is 0 Å². The summed E-state index contributed by atoms with van der Waals surface area (Å²) < 4.78 is 1.94. The molecule has 1 unspecified atom stereocenters. The summed E-state index contributed by atoms with van der Waals surface area (Å²) in [5, 5.41) is 7.65. The second kappa shape index (κ2) is 5.57. The molecule has 0 aromatic carbocycles. The Morgan fingerprint density at radius 2 is 2.40 bits per heavy atom. The zero-order valence-corrected chi connectivity index (χ0v) is 9.75. The molecule has 0 fully saturated rings. The monoisotopic (exact) mass is 205 g/mol. The van der Waals surface area contributed by atoms with Gasteiger partial charge in [0.2, 0.25) is 0 Å². The standard InChI is InChI=1S/C12H19N3/c1-5-6-7-8-11(13-3)12-9-10(2)14-15(12)4/h1,9,11,13H,6-8H2,2-4H3. The van der Waals surface area contributed by atoms with Crippen LogP contribution >= 0.6 is 0 Å². The quantitative estimate of drug-likeness (QED) is 0.586. The smallest absolute Gasteiger partial charge is 0.0597 e. The van der Waals surface area contributed by atoms with Crippen LogP contribution in [0.25, 0.3) is 0 Å². The molecule has 82 valence electrons. The predicted molar refractivity (Wildman–Crippen MR) is 62.4 cm³/mol. The summed E-state index contributed by atoms with van der Waals surface area (Å²) in [5.74, 6) is 2.67. The molecule has 1 N–H and O–H groups in total. The van der Waals surface area contributed by atoms with Gasteiger partial charge in [-0.05, 0) is 32.9 Å². The summed E-state index contributed by atoms with van der Waals surface area (Å²) in [4.78, 5) is 0. The second-order valence-electron chi connectivity index (χ2n) is 3.77. The van der Waals surface area contributed by atoms with Gasteiger partial charge < -0.3 is 5.32 Å². The van der Waals surface area contributed by atoms with E-state index in [0.717, 1.165) is 25.0 Å². The molecule has 1 aromatic heterocycles. The minimum absolute atomic E-state index is 0.351. The van der Waals surface area contributed by atoms with Gasteiger partial charge in [-0.1, -0.05) is 0 Å². The van der Waals surface area contributed by atoms with Gasteiger partial charge in [0.15, 0.2) is 0 Å². The average molecular weight is 205 g/mol. The molecule has 0 amide bonds. The van der Waals surface area contributed by atoms with Gasteiger partial charge in [-0.25, -0.2) is 0 Å². The van der Waals surface area contributed by atoms with Crippen molar-refractivity contribution >= 4 is 0 Å². The van der Waals surface area contributed by atoms with Crippen LogP contribution in [0.1, 0.15) is 36.7 Å². The average Bonchev–Trinajstić information content (AvgIpc) is 2.53. The van der Waals surface area contributed by atoms with Crippen molar-refractivity contribution in [2.24, 2.45) is 7.05 Å². The molecule has 1 rings (SSSR count). The van der Waals surface area contributed by atoms with E-state index < -0.39 is 0 Å². The van der Waals surface area contributed by atoms with Crippen LogP contribution in [0.4, 0.5) is 0 Å². The maximum absolute atomic E-state index is 5.24. The SMILES string of the molecule is C#CCCCC(NC)c1cc(C)nn1C. The lowest BCUT2D eigenvalue weighted by molar-refractivity contribution is 0.494. The lowest BCUT2D eigenvalue weighted by atomic mass is 10.1. The zero-order chi connectivity index (χ0) is 11.3. The first-order valence-electron chi connectivity index (χ1n) is 5.30. The van der Waals surface area contributed by atoms with Gasteiger partial charge in [-0.3, -0.25) is 4.68 Å². The van der Waals surface area contributed by atoms with Crippen molar-refractivity contribution in [1.29, 1.82) is 0 Å². The Morgan fingerprint density at radius 1 is 1.67 bits per heavy atom. The molecule has 0 aliphatic rings. The van der Waals surface area contributed by atoms with E-state index in [4.69, 9.17) is 6.42 Å². The molecule has 1 heterocycles. The Balaban J connectivity index is 2.66. The molecule has 3 heteroatoms. The summed E-state index contributed by atoms with van der Waals surface area (Å²) in [6.07, 6.45) is 8.19. The minimum Gasteiger partial charge on any atom is -0.312 e. The molecule has 0 bridgehead atoms. The highest BCUT2D eigenvalue weighted by atomic mass is 15.3. The lowest BCUT2D eigenvalue weighted by Gasteiger charge is -2.15. The minimum atomic E-state index is 0.351. The normalized spacial score (nSPS) is 12.4. The van der Waals surface area contributed by atoms with Gasteiger partial charge in [-0.15, -0.1) is 12.3 Å². The van der Waals surface area contributed by atoms with Crippen LogP contribution in [-0.4, -0.2) is 16.8 Å². The van der Waals surface area contributed by atoms with E-state index in [1.54, 1.807) is 0 Å². The van der Waals surface area contributed by atoms with Crippen molar-refractivity contribution in [2.45, 2.75) is 32.2 Å². The number of hydrogen-bond donors (Lipinski definition) is 1. The van der Waals surface area contributed by atoms with Crippen LogP contribution in [-0.2, 0) is 7.05 Å². The number of nitrogens with zero attached hydrogens (tertiary/aromatic N) is 2. The van der Waals surface area contributed by atoms with Crippen LogP contribution in [0.2, 0.25) is 0 Å². The summed E-state index contributed by atoms with van der Waals surface area (Å²) in [7, 11) is 3.96. The van der Waals surface area contributed by atoms with Crippen LogP contribution < -0.4 is 5.32 Å². The van der Waals surface area contributed by atoms with Gasteiger partial charge in [0.25, 0.3) is 0 Å². The summed E-state index contributed by atoms with van der Waals surface area (Å²) >= 11 is 0. The first-order valence-corrected chi connectivity index (χ1v) is 5.30. The largest absolute Gasteiger partial charge is 0.312 e. The number of rotatable bonds is 5. The zero-order valence-electron chi connectivity index (χ0n) is 9.75. The predicted octanol–water partition coefficient (Wildman–Crippen LogP) is 1.79. The third-order valence-corrected chi connectivity index (χ3v) is 2.56. The second-order valence-corrected chi connectivity index (χ2v) is 3.77. The molecular weight excluding hydrogens is 186 g/mol. The fourth-order valence-corrected chi connectivity index (χ4v) is 1.81. The van der Waals surface area contributed by atoms with E-state index in [0.29, 0.717) is 6.04 Å². The van der Waals surface area contributed by atoms with Crippen molar-refractivity contribution in [3.05, 3.63) is 17.5 Å². The van der Waals surface area contributed by atoms with E-state index in [9.17, 15) is 0 Å². The number of unbranched alkanes of at least 4 members (excludes halogenated alkanes) is 1. The molecule has 15 heavy (non-hydrogen) atoms. The van der Waals surface area contributed by atoms with Gasteiger partial charge in [0, 0.05) is 19.5 Å².